The van der Waals surface area contributed by atoms with Gasteiger partial charge in [0.05, 0.1) is 4.91 Å². The lowest BCUT2D eigenvalue weighted by Gasteiger charge is -2.09. The number of thioether (sulfide) groups is 1. The molecule has 1 saturated heterocycles. The van der Waals surface area contributed by atoms with Crippen molar-refractivity contribution in [1.29, 1.82) is 0 Å². The Balaban J connectivity index is 1.79. The highest BCUT2D eigenvalue weighted by atomic mass is 32.2. The van der Waals surface area contributed by atoms with Gasteiger partial charge in [-0.2, -0.15) is 8.42 Å². The predicted molar refractivity (Wildman–Crippen MR) is 104 cm³/mol. The molecule has 1 heterocycles. The monoisotopic (exact) mass is 418 g/mol. The minimum absolute atomic E-state index is 0.0509. The fourth-order valence-corrected chi connectivity index (χ4v) is 3.92. The third kappa shape index (κ3) is 4.78. The van der Waals surface area contributed by atoms with Crippen LogP contribution in [0.5, 0.6) is 5.75 Å². The molecule has 3 amide bonds. The summed E-state index contributed by atoms with van der Waals surface area (Å²) in [7, 11) is -4.09. The number of benzene rings is 2. The minimum atomic E-state index is -4.09. The molecule has 1 aliphatic heterocycles. The summed E-state index contributed by atoms with van der Waals surface area (Å²) in [6, 6.07) is 11.6. The Morgan fingerprint density at radius 1 is 1.14 bits per heavy atom. The molecule has 0 bridgehead atoms. The lowest BCUT2D eigenvalue weighted by atomic mass is 10.2. The van der Waals surface area contributed by atoms with Gasteiger partial charge in [0.1, 0.15) is 10.6 Å². The van der Waals surface area contributed by atoms with E-state index in [2.05, 4.69) is 10.6 Å². The standard InChI is InChI=1S/C18H14N2O6S2/c1-11(21)19-13-5-7-15(8-6-13)28(24,25)26-14-4-2-3-12(9-14)10-16-17(22)20-18(23)27-16/h2-10H,1H3,(H,19,21)(H,20,22,23)/b16-10-. The first-order valence-corrected chi connectivity index (χ1v) is 10.1. The Morgan fingerprint density at radius 3 is 2.46 bits per heavy atom. The van der Waals surface area contributed by atoms with Crippen molar-refractivity contribution in [3.63, 3.8) is 0 Å². The Labute approximate surface area is 165 Å². The van der Waals surface area contributed by atoms with Crippen molar-refractivity contribution >= 4 is 50.7 Å². The van der Waals surface area contributed by atoms with Crippen LogP contribution in [0.2, 0.25) is 0 Å². The van der Waals surface area contributed by atoms with Crippen LogP contribution in [0.25, 0.3) is 6.08 Å². The van der Waals surface area contributed by atoms with Gasteiger partial charge in [-0.15, -0.1) is 0 Å². The van der Waals surface area contributed by atoms with Crippen LogP contribution in [0.1, 0.15) is 12.5 Å². The zero-order valence-corrected chi connectivity index (χ0v) is 16.1. The normalized spacial score (nSPS) is 15.4. The number of hydrogen-bond donors (Lipinski definition) is 2. The number of nitrogens with one attached hydrogen (secondary N) is 2. The van der Waals surface area contributed by atoms with E-state index in [4.69, 9.17) is 4.18 Å². The van der Waals surface area contributed by atoms with Gasteiger partial charge < -0.3 is 9.50 Å². The predicted octanol–water partition coefficient (Wildman–Crippen LogP) is 2.74. The molecule has 0 radical (unpaired) electrons. The smallest absolute Gasteiger partial charge is 0.339 e. The molecule has 0 saturated carbocycles. The van der Waals surface area contributed by atoms with E-state index in [0.717, 1.165) is 11.8 Å². The van der Waals surface area contributed by atoms with Crippen LogP contribution in [0.15, 0.2) is 58.3 Å². The maximum atomic E-state index is 12.4. The second-order valence-electron chi connectivity index (χ2n) is 5.67. The van der Waals surface area contributed by atoms with E-state index in [1.165, 1.54) is 49.4 Å². The fraction of sp³-hybridized carbons (Fsp3) is 0.0556. The van der Waals surface area contributed by atoms with E-state index < -0.39 is 21.3 Å². The number of carbonyl (C=O) groups excluding carboxylic acids is 3. The molecule has 2 aromatic rings. The van der Waals surface area contributed by atoms with Crippen LogP contribution in [0.4, 0.5) is 10.5 Å². The molecule has 8 nitrogen and oxygen atoms in total. The third-order valence-electron chi connectivity index (χ3n) is 3.47. The summed E-state index contributed by atoms with van der Waals surface area (Å²) in [5.74, 6) is -0.725. The highest BCUT2D eigenvalue weighted by Crippen LogP contribution is 2.27. The number of carbonyl (C=O) groups is 3. The second-order valence-corrected chi connectivity index (χ2v) is 8.23. The van der Waals surface area contributed by atoms with Crippen LogP contribution in [0, 0.1) is 0 Å². The molecule has 1 aliphatic rings. The molecule has 0 spiro atoms. The highest BCUT2D eigenvalue weighted by molar-refractivity contribution is 8.18. The maximum Gasteiger partial charge on any atom is 0.339 e. The van der Waals surface area contributed by atoms with Crippen molar-refractivity contribution in [2.75, 3.05) is 5.32 Å². The van der Waals surface area contributed by atoms with Gasteiger partial charge in [0.2, 0.25) is 5.91 Å². The zero-order chi connectivity index (χ0) is 20.3. The Kier molecular flexibility index (Phi) is 5.52. The van der Waals surface area contributed by atoms with Crippen LogP contribution in [-0.2, 0) is 19.7 Å². The van der Waals surface area contributed by atoms with E-state index in [9.17, 15) is 22.8 Å². The van der Waals surface area contributed by atoms with Crippen LogP contribution >= 0.6 is 11.8 Å². The summed E-state index contributed by atoms with van der Waals surface area (Å²) in [5.41, 5.74) is 0.961. The maximum absolute atomic E-state index is 12.4. The summed E-state index contributed by atoms with van der Waals surface area (Å²) in [6.07, 6.45) is 1.46. The van der Waals surface area contributed by atoms with E-state index in [-0.39, 0.29) is 21.5 Å². The third-order valence-corrected chi connectivity index (χ3v) is 5.54. The Hall–Kier alpha value is -3.11. The van der Waals surface area contributed by atoms with Gasteiger partial charge >= 0.3 is 10.1 Å². The van der Waals surface area contributed by atoms with Gasteiger partial charge in [-0.1, -0.05) is 12.1 Å². The molecule has 10 heteroatoms. The lowest BCUT2D eigenvalue weighted by Crippen LogP contribution is -2.17. The zero-order valence-electron chi connectivity index (χ0n) is 14.5. The van der Waals surface area contributed by atoms with Gasteiger partial charge in [-0.25, -0.2) is 0 Å². The first kappa shape index (κ1) is 19.6. The molecule has 1 fully saturated rings. The van der Waals surface area contributed by atoms with Crippen molar-refractivity contribution in [3.05, 3.63) is 59.0 Å². The first-order valence-electron chi connectivity index (χ1n) is 7.90. The van der Waals surface area contributed by atoms with Crippen molar-refractivity contribution in [2.24, 2.45) is 0 Å². The van der Waals surface area contributed by atoms with Crippen LogP contribution in [-0.4, -0.2) is 25.5 Å². The molecule has 2 N–H and O–H groups in total. The van der Waals surface area contributed by atoms with E-state index in [1.807, 2.05) is 0 Å². The molecule has 2 aromatic carbocycles. The second kappa shape index (κ2) is 7.87. The molecule has 0 aliphatic carbocycles. The quantitative estimate of drug-likeness (QED) is 0.566. The summed E-state index contributed by atoms with van der Waals surface area (Å²) in [5, 5.41) is 4.22. The van der Waals surface area contributed by atoms with E-state index in [0.29, 0.717) is 11.3 Å². The number of amides is 3. The molecule has 0 aromatic heterocycles. The molecule has 28 heavy (non-hydrogen) atoms. The molecule has 3 rings (SSSR count). The Bertz CT molecular complexity index is 1090. The van der Waals surface area contributed by atoms with E-state index in [1.54, 1.807) is 12.1 Å². The largest absolute Gasteiger partial charge is 0.379 e. The number of imide groups is 1. The highest BCUT2D eigenvalue weighted by Gasteiger charge is 2.25. The number of anilines is 1. The van der Waals surface area contributed by atoms with Gasteiger partial charge in [0, 0.05) is 12.6 Å². The van der Waals surface area contributed by atoms with Crippen molar-refractivity contribution in [3.8, 4) is 5.75 Å². The SMILES string of the molecule is CC(=O)Nc1ccc(S(=O)(=O)Oc2cccc(/C=C3\SC(=O)NC3=O)c2)cc1. The van der Waals surface area contributed by atoms with Crippen molar-refractivity contribution in [1.82, 2.24) is 5.32 Å². The number of hydrogen-bond acceptors (Lipinski definition) is 7. The summed E-state index contributed by atoms with van der Waals surface area (Å²) >= 11 is 0.762. The minimum Gasteiger partial charge on any atom is -0.379 e. The molecule has 0 atom stereocenters. The van der Waals surface area contributed by atoms with Crippen molar-refractivity contribution < 1.29 is 27.0 Å². The summed E-state index contributed by atoms with van der Waals surface area (Å²) in [6.45, 7) is 1.35. The van der Waals surface area contributed by atoms with Crippen LogP contribution < -0.4 is 14.8 Å². The first-order chi connectivity index (χ1) is 13.2. The fourth-order valence-electron chi connectivity index (χ4n) is 2.31. The van der Waals surface area contributed by atoms with Gasteiger partial charge in [0.15, 0.2) is 0 Å². The molecular formula is C18H14N2O6S2. The van der Waals surface area contributed by atoms with Crippen molar-refractivity contribution in [2.45, 2.75) is 11.8 Å². The van der Waals surface area contributed by atoms with E-state index >= 15 is 0 Å². The summed E-state index contributed by atoms with van der Waals surface area (Å²) in [4.78, 5) is 34.0. The molecule has 144 valence electrons. The topological polar surface area (TPSA) is 119 Å². The molecule has 0 unspecified atom stereocenters. The molecular weight excluding hydrogens is 404 g/mol. The van der Waals surface area contributed by atoms with Gasteiger partial charge in [0.25, 0.3) is 11.1 Å². The average molecular weight is 418 g/mol. The van der Waals surface area contributed by atoms with Gasteiger partial charge in [-0.05, 0) is 59.8 Å². The number of rotatable bonds is 5. The van der Waals surface area contributed by atoms with Crippen LogP contribution in [0.3, 0.4) is 0 Å². The Morgan fingerprint density at radius 2 is 1.86 bits per heavy atom. The lowest BCUT2D eigenvalue weighted by molar-refractivity contribution is -0.115. The average Bonchev–Trinajstić information content (AvgIpc) is 2.92. The summed E-state index contributed by atoms with van der Waals surface area (Å²) < 4.78 is 30.0. The van der Waals surface area contributed by atoms with Gasteiger partial charge in [-0.3, -0.25) is 19.7 Å².